The Labute approximate surface area is 131 Å². The van der Waals surface area contributed by atoms with Crippen LogP contribution in [0.5, 0.6) is 0 Å². The van der Waals surface area contributed by atoms with Crippen molar-refractivity contribution in [3.63, 3.8) is 0 Å². The van der Waals surface area contributed by atoms with E-state index in [1.54, 1.807) is 6.92 Å². The van der Waals surface area contributed by atoms with Crippen molar-refractivity contribution in [3.05, 3.63) is 35.9 Å². The van der Waals surface area contributed by atoms with E-state index in [1.807, 2.05) is 18.2 Å². The summed E-state index contributed by atoms with van der Waals surface area (Å²) in [6, 6.07) is 9.69. The number of aliphatic hydroxyl groups excluding tert-OH is 2. The van der Waals surface area contributed by atoms with Crippen molar-refractivity contribution in [2.75, 3.05) is 19.7 Å². The molecular formula is C17H26N2O3. The maximum absolute atomic E-state index is 11.5. The van der Waals surface area contributed by atoms with Gasteiger partial charge < -0.3 is 15.5 Å². The summed E-state index contributed by atoms with van der Waals surface area (Å²) in [6.07, 6.45) is 1.62. The summed E-state index contributed by atoms with van der Waals surface area (Å²) in [7, 11) is 0. The van der Waals surface area contributed by atoms with Gasteiger partial charge in [0.1, 0.15) is 0 Å². The van der Waals surface area contributed by atoms with Crippen molar-refractivity contribution in [2.45, 2.75) is 44.4 Å². The first-order chi connectivity index (χ1) is 10.7. The molecule has 3 N–H and O–H groups in total. The molecule has 0 bridgehead atoms. The molecule has 1 heterocycles. The molecule has 5 heteroatoms. The number of nitrogens with one attached hydrogen (secondary N) is 1. The molecule has 0 radical (unpaired) electrons. The maximum atomic E-state index is 11.5. The number of amides is 1. The quantitative estimate of drug-likeness (QED) is 0.688. The highest BCUT2D eigenvalue weighted by molar-refractivity contribution is 5.76. The Bertz CT molecular complexity index is 466. The van der Waals surface area contributed by atoms with Crippen LogP contribution in [0, 0.1) is 0 Å². The number of hydrogen-bond acceptors (Lipinski definition) is 4. The van der Waals surface area contributed by atoms with E-state index in [0.717, 1.165) is 19.4 Å². The normalized spacial score (nSPS) is 25.3. The van der Waals surface area contributed by atoms with Gasteiger partial charge in [-0.15, -0.1) is 0 Å². The van der Waals surface area contributed by atoms with E-state index in [9.17, 15) is 15.0 Å². The summed E-state index contributed by atoms with van der Waals surface area (Å²) in [4.78, 5) is 13.6. The van der Waals surface area contributed by atoms with Gasteiger partial charge in [0.2, 0.25) is 5.91 Å². The van der Waals surface area contributed by atoms with E-state index in [4.69, 9.17) is 0 Å². The molecule has 122 valence electrons. The van der Waals surface area contributed by atoms with Crippen LogP contribution in [0.1, 0.15) is 25.3 Å². The average molecular weight is 306 g/mol. The van der Waals surface area contributed by atoms with Crippen LogP contribution in [0.2, 0.25) is 0 Å². The van der Waals surface area contributed by atoms with Crippen molar-refractivity contribution in [1.29, 1.82) is 0 Å². The molecule has 1 aromatic rings. The van der Waals surface area contributed by atoms with E-state index in [2.05, 4.69) is 22.3 Å². The number of aryl methyl sites for hydroxylation is 1. The molecule has 0 spiro atoms. The van der Waals surface area contributed by atoms with Crippen molar-refractivity contribution in [2.24, 2.45) is 0 Å². The van der Waals surface area contributed by atoms with Gasteiger partial charge in [0.05, 0.1) is 24.8 Å². The molecule has 0 aliphatic carbocycles. The fourth-order valence-electron chi connectivity index (χ4n) is 3.03. The third kappa shape index (κ3) is 4.29. The van der Waals surface area contributed by atoms with Crippen LogP contribution in [-0.2, 0) is 11.2 Å². The van der Waals surface area contributed by atoms with Crippen LogP contribution in [0.25, 0.3) is 0 Å². The van der Waals surface area contributed by atoms with E-state index in [-0.39, 0.29) is 24.6 Å². The number of aliphatic hydroxyl groups is 2. The van der Waals surface area contributed by atoms with Gasteiger partial charge in [-0.1, -0.05) is 37.3 Å². The van der Waals surface area contributed by atoms with Gasteiger partial charge in [-0.3, -0.25) is 9.69 Å². The number of likely N-dealkylation sites (tertiary alicyclic amines) is 1. The van der Waals surface area contributed by atoms with Crippen molar-refractivity contribution >= 4 is 5.91 Å². The monoisotopic (exact) mass is 306 g/mol. The van der Waals surface area contributed by atoms with Crippen LogP contribution in [0.4, 0.5) is 0 Å². The predicted octanol–water partition coefficient (Wildman–Crippen LogP) is 0.551. The smallest absolute Gasteiger partial charge is 0.220 e. The Hall–Kier alpha value is -1.43. The molecule has 0 aromatic heterocycles. The molecule has 1 amide bonds. The predicted molar refractivity (Wildman–Crippen MR) is 85.4 cm³/mol. The molecule has 1 aliphatic heterocycles. The Morgan fingerprint density at radius 3 is 2.73 bits per heavy atom. The SMILES string of the molecule is CCC(=O)N[C@H]1CN(CCCc2ccccc2)[C@@H](CO)[C@@H]1O. The van der Waals surface area contributed by atoms with Crippen LogP contribution in [0.15, 0.2) is 30.3 Å². The minimum absolute atomic E-state index is 0.0631. The second-order valence-electron chi connectivity index (χ2n) is 5.85. The third-order valence-corrected chi connectivity index (χ3v) is 4.31. The highest BCUT2D eigenvalue weighted by Crippen LogP contribution is 2.19. The molecule has 22 heavy (non-hydrogen) atoms. The fourth-order valence-corrected chi connectivity index (χ4v) is 3.03. The number of hydrogen-bond donors (Lipinski definition) is 3. The standard InChI is InChI=1S/C17H26N2O3/c1-2-16(21)18-14-11-19(15(12-20)17(14)22)10-6-9-13-7-4-3-5-8-13/h3-5,7-8,14-15,17,20,22H,2,6,9-12H2,1H3,(H,18,21)/t14-,15-,17+/m0/s1. The van der Waals surface area contributed by atoms with Gasteiger partial charge in [0.25, 0.3) is 0 Å². The summed E-state index contributed by atoms with van der Waals surface area (Å²) >= 11 is 0. The molecule has 0 saturated carbocycles. The molecule has 0 unspecified atom stereocenters. The summed E-state index contributed by atoms with van der Waals surface area (Å²) in [5.41, 5.74) is 1.29. The van der Waals surface area contributed by atoms with Gasteiger partial charge in [-0.25, -0.2) is 0 Å². The lowest BCUT2D eigenvalue weighted by molar-refractivity contribution is -0.122. The molecule has 3 atom stereocenters. The molecule has 2 rings (SSSR count). The Morgan fingerprint density at radius 2 is 2.09 bits per heavy atom. The third-order valence-electron chi connectivity index (χ3n) is 4.31. The Balaban J connectivity index is 1.85. The molecular weight excluding hydrogens is 280 g/mol. The van der Waals surface area contributed by atoms with Crippen LogP contribution in [-0.4, -0.2) is 58.9 Å². The number of carbonyl (C=O) groups is 1. The summed E-state index contributed by atoms with van der Waals surface area (Å²) < 4.78 is 0. The highest BCUT2D eigenvalue weighted by atomic mass is 16.3. The zero-order valence-corrected chi connectivity index (χ0v) is 13.1. The first kappa shape index (κ1) is 16.9. The lowest BCUT2D eigenvalue weighted by Gasteiger charge is -2.23. The number of rotatable bonds is 7. The molecule has 1 aromatic carbocycles. The average Bonchev–Trinajstić information content (AvgIpc) is 2.83. The highest BCUT2D eigenvalue weighted by Gasteiger charge is 2.40. The van der Waals surface area contributed by atoms with Crippen molar-refractivity contribution < 1.29 is 15.0 Å². The molecule has 1 saturated heterocycles. The summed E-state index contributed by atoms with van der Waals surface area (Å²) in [5, 5.41) is 22.6. The van der Waals surface area contributed by atoms with Crippen LogP contribution >= 0.6 is 0 Å². The minimum Gasteiger partial charge on any atom is -0.395 e. The van der Waals surface area contributed by atoms with Crippen LogP contribution in [0.3, 0.4) is 0 Å². The first-order valence-corrected chi connectivity index (χ1v) is 8.02. The van der Waals surface area contributed by atoms with E-state index >= 15 is 0 Å². The van der Waals surface area contributed by atoms with E-state index in [0.29, 0.717) is 13.0 Å². The Morgan fingerprint density at radius 1 is 1.36 bits per heavy atom. The lowest BCUT2D eigenvalue weighted by Crippen LogP contribution is -2.45. The molecule has 1 aliphatic rings. The van der Waals surface area contributed by atoms with E-state index < -0.39 is 6.10 Å². The molecule has 1 fully saturated rings. The lowest BCUT2D eigenvalue weighted by atomic mass is 10.1. The zero-order valence-electron chi connectivity index (χ0n) is 13.1. The Kier molecular flexibility index (Phi) is 6.36. The number of carbonyl (C=O) groups excluding carboxylic acids is 1. The van der Waals surface area contributed by atoms with Gasteiger partial charge in [0, 0.05) is 13.0 Å². The van der Waals surface area contributed by atoms with Gasteiger partial charge in [-0.2, -0.15) is 0 Å². The van der Waals surface area contributed by atoms with E-state index in [1.165, 1.54) is 5.56 Å². The fraction of sp³-hybridized carbons (Fsp3) is 0.588. The van der Waals surface area contributed by atoms with Gasteiger partial charge in [-0.05, 0) is 24.9 Å². The van der Waals surface area contributed by atoms with Gasteiger partial charge >= 0.3 is 0 Å². The second-order valence-corrected chi connectivity index (χ2v) is 5.85. The largest absolute Gasteiger partial charge is 0.395 e. The molecule has 5 nitrogen and oxygen atoms in total. The second kappa shape index (κ2) is 8.27. The maximum Gasteiger partial charge on any atom is 0.220 e. The van der Waals surface area contributed by atoms with Crippen LogP contribution < -0.4 is 5.32 Å². The van der Waals surface area contributed by atoms with Gasteiger partial charge in [0.15, 0.2) is 0 Å². The first-order valence-electron chi connectivity index (χ1n) is 8.02. The zero-order chi connectivity index (χ0) is 15.9. The topological polar surface area (TPSA) is 72.8 Å². The number of nitrogens with zero attached hydrogens (tertiary/aromatic N) is 1. The summed E-state index contributed by atoms with van der Waals surface area (Å²) in [5.74, 6) is -0.0631. The van der Waals surface area contributed by atoms with Crippen molar-refractivity contribution in [1.82, 2.24) is 10.2 Å². The summed E-state index contributed by atoms with van der Waals surface area (Å²) in [6.45, 7) is 3.09. The van der Waals surface area contributed by atoms with Crippen molar-refractivity contribution in [3.8, 4) is 0 Å². The minimum atomic E-state index is -0.711. The number of benzene rings is 1.